The molecule has 0 saturated heterocycles. The van der Waals surface area contributed by atoms with Crippen molar-refractivity contribution >= 4 is 12.1 Å². The van der Waals surface area contributed by atoms with Gasteiger partial charge in [0.25, 0.3) is 0 Å². The second kappa shape index (κ2) is 7.92. The Morgan fingerprint density at radius 2 is 1.89 bits per heavy atom. The van der Waals surface area contributed by atoms with Crippen LogP contribution in [0.4, 0.5) is 4.79 Å². The van der Waals surface area contributed by atoms with E-state index in [-0.39, 0.29) is 0 Å². The summed E-state index contributed by atoms with van der Waals surface area (Å²) >= 11 is 0. The van der Waals surface area contributed by atoms with Gasteiger partial charge in [-0.2, -0.15) is 0 Å². The summed E-state index contributed by atoms with van der Waals surface area (Å²) in [6.45, 7) is 5.90. The Balaban J connectivity index is 3.62. The van der Waals surface area contributed by atoms with Gasteiger partial charge in [-0.25, -0.2) is 4.79 Å². The molecule has 0 spiro atoms. The summed E-state index contributed by atoms with van der Waals surface area (Å²) in [6, 6.07) is -0.522. The van der Waals surface area contributed by atoms with Crippen molar-refractivity contribution in [2.24, 2.45) is 0 Å². The zero-order valence-corrected chi connectivity index (χ0v) is 11.6. The molecule has 0 aliphatic heterocycles. The van der Waals surface area contributed by atoms with Crippen LogP contribution in [0.1, 0.15) is 40.0 Å². The molecule has 18 heavy (non-hydrogen) atoms. The molecule has 0 bridgehead atoms. The summed E-state index contributed by atoms with van der Waals surface area (Å²) in [5.41, 5.74) is -0.495. The molecule has 106 valence electrons. The predicted octanol–water partition coefficient (Wildman–Crippen LogP) is 1.35. The smallest absolute Gasteiger partial charge is 0.407 e. The van der Waals surface area contributed by atoms with Gasteiger partial charge in [-0.15, -0.1) is 0 Å². The van der Waals surface area contributed by atoms with Crippen molar-refractivity contribution in [1.29, 1.82) is 0 Å². The van der Waals surface area contributed by atoms with Crippen molar-refractivity contribution in [3.63, 3.8) is 0 Å². The number of hydrogen-bond acceptors (Lipinski definition) is 4. The Bertz CT molecular complexity index is 274. The molecule has 6 nitrogen and oxygen atoms in total. The van der Waals surface area contributed by atoms with E-state index in [0.717, 1.165) is 12.8 Å². The van der Waals surface area contributed by atoms with Crippen molar-refractivity contribution in [3.05, 3.63) is 0 Å². The minimum atomic E-state index is -0.849. The van der Waals surface area contributed by atoms with E-state index in [4.69, 9.17) is 9.84 Å². The van der Waals surface area contributed by atoms with Crippen LogP contribution in [0.2, 0.25) is 0 Å². The highest BCUT2D eigenvalue weighted by molar-refractivity contribution is 5.73. The van der Waals surface area contributed by atoms with Gasteiger partial charge in [0, 0.05) is 6.54 Å². The second-order valence-electron chi connectivity index (χ2n) is 5.10. The third-order valence-electron chi connectivity index (χ3n) is 2.23. The summed E-state index contributed by atoms with van der Waals surface area (Å²) in [5, 5.41) is 14.1. The lowest BCUT2D eigenvalue weighted by Crippen LogP contribution is -2.34. The number of ether oxygens (including phenoxy) is 1. The number of carbonyl (C=O) groups excluding carboxylic acids is 1. The maximum atomic E-state index is 11.3. The SMILES string of the molecule is CN[C@@H](CCCCNC(=O)OC(C)(C)C)C(=O)O. The summed E-state index contributed by atoms with van der Waals surface area (Å²) < 4.78 is 5.07. The number of unbranched alkanes of at least 4 members (excludes halogenated alkanes) is 1. The number of likely N-dealkylation sites (N-methyl/N-ethyl adjacent to an activating group) is 1. The van der Waals surface area contributed by atoms with Gasteiger partial charge in [-0.1, -0.05) is 0 Å². The fourth-order valence-electron chi connectivity index (χ4n) is 1.37. The molecule has 0 radical (unpaired) electrons. The Hall–Kier alpha value is -1.30. The van der Waals surface area contributed by atoms with Gasteiger partial charge in [0.1, 0.15) is 11.6 Å². The van der Waals surface area contributed by atoms with Crippen LogP contribution in [0.5, 0.6) is 0 Å². The lowest BCUT2D eigenvalue weighted by atomic mass is 10.1. The highest BCUT2D eigenvalue weighted by Crippen LogP contribution is 2.06. The highest BCUT2D eigenvalue weighted by Gasteiger charge is 2.16. The number of alkyl carbamates (subject to hydrolysis) is 1. The maximum absolute atomic E-state index is 11.3. The van der Waals surface area contributed by atoms with Crippen molar-refractivity contribution in [2.75, 3.05) is 13.6 Å². The van der Waals surface area contributed by atoms with Gasteiger partial charge >= 0.3 is 12.1 Å². The first-order chi connectivity index (χ1) is 8.26. The van der Waals surface area contributed by atoms with Crippen LogP contribution in [-0.2, 0) is 9.53 Å². The Morgan fingerprint density at radius 3 is 2.33 bits per heavy atom. The predicted molar refractivity (Wildman–Crippen MR) is 68.6 cm³/mol. The van der Waals surface area contributed by atoms with E-state index < -0.39 is 23.7 Å². The molecule has 0 fully saturated rings. The fourth-order valence-corrected chi connectivity index (χ4v) is 1.37. The van der Waals surface area contributed by atoms with Gasteiger partial charge in [0.15, 0.2) is 0 Å². The van der Waals surface area contributed by atoms with E-state index in [0.29, 0.717) is 13.0 Å². The molecular weight excluding hydrogens is 236 g/mol. The van der Waals surface area contributed by atoms with Gasteiger partial charge in [0.2, 0.25) is 0 Å². The van der Waals surface area contributed by atoms with Crippen molar-refractivity contribution < 1.29 is 19.4 Å². The minimum absolute atomic E-state index is 0.439. The van der Waals surface area contributed by atoms with Crippen LogP contribution in [0.25, 0.3) is 0 Å². The Kier molecular flexibility index (Phi) is 7.35. The number of carboxylic acids is 1. The van der Waals surface area contributed by atoms with E-state index in [1.54, 1.807) is 27.8 Å². The molecule has 0 saturated carbocycles. The summed E-state index contributed by atoms with van der Waals surface area (Å²) in [7, 11) is 1.62. The quantitative estimate of drug-likeness (QED) is 0.601. The van der Waals surface area contributed by atoms with Crippen molar-refractivity contribution in [2.45, 2.75) is 51.7 Å². The van der Waals surface area contributed by atoms with E-state index >= 15 is 0 Å². The number of carbonyl (C=O) groups is 2. The van der Waals surface area contributed by atoms with Crippen LogP contribution < -0.4 is 10.6 Å². The zero-order chi connectivity index (χ0) is 14.2. The molecule has 1 atom stereocenters. The average molecular weight is 260 g/mol. The minimum Gasteiger partial charge on any atom is -0.480 e. The van der Waals surface area contributed by atoms with Crippen LogP contribution in [-0.4, -0.2) is 42.4 Å². The topological polar surface area (TPSA) is 87.7 Å². The molecular formula is C12H24N2O4. The molecule has 0 aromatic carbocycles. The Labute approximate surface area is 108 Å². The van der Waals surface area contributed by atoms with Gasteiger partial charge in [-0.3, -0.25) is 4.79 Å². The van der Waals surface area contributed by atoms with Gasteiger partial charge in [0.05, 0.1) is 0 Å². The zero-order valence-electron chi connectivity index (χ0n) is 11.6. The number of carboxylic acid groups (broad SMARTS) is 1. The third kappa shape index (κ3) is 8.81. The summed E-state index contributed by atoms with van der Waals surface area (Å²) in [5.74, 6) is -0.849. The maximum Gasteiger partial charge on any atom is 0.407 e. The van der Waals surface area contributed by atoms with Crippen LogP contribution >= 0.6 is 0 Å². The molecule has 0 unspecified atom stereocenters. The average Bonchev–Trinajstić information content (AvgIpc) is 2.20. The fraction of sp³-hybridized carbons (Fsp3) is 0.833. The van der Waals surface area contributed by atoms with Gasteiger partial charge in [-0.05, 0) is 47.1 Å². The van der Waals surface area contributed by atoms with E-state index in [9.17, 15) is 9.59 Å². The molecule has 0 aromatic rings. The van der Waals surface area contributed by atoms with Crippen LogP contribution in [0.15, 0.2) is 0 Å². The van der Waals surface area contributed by atoms with Crippen molar-refractivity contribution in [1.82, 2.24) is 10.6 Å². The van der Waals surface area contributed by atoms with E-state index in [1.807, 2.05) is 0 Å². The van der Waals surface area contributed by atoms with E-state index in [1.165, 1.54) is 0 Å². The first kappa shape index (κ1) is 16.7. The van der Waals surface area contributed by atoms with E-state index in [2.05, 4.69) is 10.6 Å². The number of aliphatic carboxylic acids is 1. The molecule has 0 aliphatic rings. The first-order valence-corrected chi connectivity index (χ1v) is 6.13. The molecule has 0 rings (SSSR count). The van der Waals surface area contributed by atoms with Crippen LogP contribution in [0, 0.1) is 0 Å². The lowest BCUT2D eigenvalue weighted by molar-refractivity contribution is -0.139. The Morgan fingerprint density at radius 1 is 1.28 bits per heavy atom. The lowest BCUT2D eigenvalue weighted by Gasteiger charge is -2.19. The molecule has 0 aromatic heterocycles. The van der Waals surface area contributed by atoms with Gasteiger partial charge < -0.3 is 20.5 Å². The summed E-state index contributed by atoms with van der Waals surface area (Å²) in [6.07, 6.45) is 1.56. The molecule has 0 aliphatic carbocycles. The molecule has 0 heterocycles. The van der Waals surface area contributed by atoms with Crippen LogP contribution in [0.3, 0.4) is 0 Å². The second-order valence-corrected chi connectivity index (χ2v) is 5.10. The number of rotatable bonds is 7. The van der Waals surface area contributed by atoms with Crippen molar-refractivity contribution in [3.8, 4) is 0 Å². The largest absolute Gasteiger partial charge is 0.480 e. The normalized spacial score (nSPS) is 12.9. The number of hydrogen-bond donors (Lipinski definition) is 3. The standard InChI is InChI=1S/C12H24N2O4/c1-12(2,3)18-11(17)14-8-6-5-7-9(13-4)10(15)16/h9,13H,5-8H2,1-4H3,(H,14,17)(H,15,16)/t9-/m0/s1. The molecule has 3 N–H and O–H groups in total. The summed E-state index contributed by atoms with van der Waals surface area (Å²) in [4.78, 5) is 22.0. The first-order valence-electron chi connectivity index (χ1n) is 6.13. The number of amides is 1. The highest BCUT2D eigenvalue weighted by atomic mass is 16.6. The third-order valence-corrected chi connectivity index (χ3v) is 2.23. The molecule has 1 amide bonds. The monoisotopic (exact) mass is 260 g/mol. The molecule has 6 heteroatoms. The number of nitrogens with one attached hydrogen (secondary N) is 2.